The van der Waals surface area contributed by atoms with Crippen molar-refractivity contribution in [3.8, 4) is 0 Å². The average molecular weight is 369 g/mol. The maximum absolute atomic E-state index is 11.1. The molecule has 1 aliphatic rings. The first-order valence-electron chi connectivity index (χ1n) is 7.84. The second-order valence-electron chi connectivity index (χ2n) is 6.01. The Morgan fingerprint density at radius 2 is 1.72 bits per heavy atom. The molecule has 0 bridgehead atoms. The van der Waals surface area contributed by atoms with Crippen molar-refractivity contribution in [2.75, 3.05) is 13.2 Å². The fraction of sp³-hybridized carbons (Fsp3) is 0.929. The van der Waals surface area contributed by atoms with E-state index in [0.29, 0.717) is 0 Å². The van der Waals surface area contributed by atoms with E-state index in [-0.39, 0.29) is 0 Å². The molecule has 1 fully saturated rings. The van der Waals surface area contributed by atoms with E-state index in [1.54, 1.807) is 0 Å². The molecule has 11 heteroatoms. The second kappa shape index (κ2) is 9.71. The minimum atomic E-state index is -1.69. The molecule has 25 heavy (non-hydrogen) atoms. The van der Waals surface area contributed by atoms with E-state index in [2.05, 4.69) is 5.32 Å². The molecule has 0 aliphatic carbocycles. The lowest BCUT2D eigenvalue weighted by Crippen LogP contribution is -2.61. The molecule has 0 spiro atoms. The molecule has 1 saturated heterocycles. The molecule has 1 aliphatic heterocycles. The Bertz CT molecular complexity index is 424. The number of nitrogens with one attached hydrogen (secondary N) is 1. The predicted molar refractivity (Wildman–Crippen MR) is 81.0 cm³/mol. The van der Waals surface area contributed by atoms with Crippen LogP contribution in [0.25, 0.3) is 0 Å². The van der Waals surface area contributed by atoms with E-state index in [1.807, 2.05) is 0 Å². The predicted octanol–water partition coefficient (Wildman–Crippen LogP) is -4.59. The van der Waals surface area contributed by atoms with Crippen LogP contribution >= 0.6 is 0 Å². The largest absolute Gasteiger partial charge is 0.394 e. The van der Waals surface area contributed by atoms with Crippen LogP contribution in [0, 0.1) is 0 Å². The second-order valence-corrected chi connectivity index (χ2v) is 6.01. The van der Waals surface area contributed by atoms with Gasteiger partial charge in [-0.2, -0.15) is 0 Å². The number of hydrogen-bond donors (Lipinski definition) is 8. The Kier molecular flexibility index (Phi) is 8.60. The van der Waals surface area contributed by atoms with Gasteiger partial charge < -0.3 is 50.5 Å². The molecule has 0 aromatic heterocycles. The van der Waals surface area contributed by atoms with E-state index in [4.69, 9.17) is 14.6 Å². The quantitative estimate of drug-likeness (QED) is 0.207. The van der Waals surface area contributed by atoms with Crippen LogP contribution in [-0.2, 0) is 14.3 Å². The van der Waals surface area contributed by atoms with Crippen molar-refractivity contribution in [2.45, 2.75) is 68.9 Å². The van der Waals surface area contributed by atoms with Crippen molar-refractivity contribution in [1.29, 1.82) is 0 Å². The van der Waals surface area contributed by atoms with Crippen LogP contribution < -0.4 is 5.32 Å². The van der Waals surface area contributed by atoms with Gasteiger partial charge in [0.25, 0.3) is 0 Å². The van der Waals surface area contributed by atoms with E-state index < -0.39 is 74.2 Å². The topological polar surface area (TPSA) is 189 Å². The highest BCUT2D eigenvalue weighted by Gasteiger charge is 2.45. The zero-order valence-electron chi connectivity index (χ0n) is 14.0. The average Bonchev–Trinajstić information content (AvgIpc) is 2.58. The van der Waals surface area contributed by atoms with E-state index in [1.165, 1.54) is 6.92 Å². The summed E-state index contributed by atoms with van der Waals surface area (Å²) >= 11 is 0. The number of amides is 1. The fourth-order valence-electron chi connectivity index (χ4n) is 2.51. The monoisotopic (exact) mass is 369 g/mol. The normalized spacial score (nSPS) is 34.8. The highest BCUT2D eigenvalue weighted by Crippen LogP contribution is 2.24. The number of aliphatic hydroxyl groups excluding tert-OH is 7. The van der Waals surface area contributed by atoms with Gasteiger partial charge in [0.1, 0.15) is 36.6 Å². The summed E-state index contributed by atoms with van der Waals surface area (Å²) in [6, 6.07) is -1.22. The van der Waals surface area contributed by atoms with Gasteiger partial charge in [0.15, 0.2) is 6.29 Å². The zero-order valence-corrected chi connectivity index (χ0v) is 14.0. The maximum atomic E-state index is 11.1. The minimum Gasteiger partial charge on any atom is -0.394 e. The Balaban J connectivity index is 2.93. The number of rotatable bonds is 8. The lowest BCUT2D eigenvalue weighted by atomic mass is 9.98. The summed E-state index contributed by atoms with van der Waals surface area (Å²) in [5.74, 6) is -0.559. The number of aliphatic hydroxyl groups is 7. The molecular weight excluding hydrogens is 342 g/mol. The first kappa shape index (κ1) is 22.2. The molecule has 1 amide bonds. The molecule has 9 atom stereocenters. The third kappa shape index (κ3) is 5.54. The SMILES string of the molecule is CC(=O)N[C@@H](CO)[C@@H](O)[C@@H](O[C@H]1O[C@@H](C)[C@@H](O)[C@@H](O)[C@@H]1O)[C@H](O)CO. The van der Waals surface area contributed by atoms with Crippen molar-refractivity contribution < 1.29 is 50.0 Å². The fourth-order valence-corrected chi connectivity index (χ4v) is 2.51. The summed E-state index contributed by atoms with van der Waals surface area (Å²) in [4.78, 5) is 11.1. The van der Waals surface area contributed by atoms with Crippen LogP contribution in [0.1, 0.15) is 13.8 Å². The smallest absolute Gasteiger partial charge is 0.217 e. The van der Waals surface area contributed by atoms with Crippen molar-refractivity contribution in [3.63, 3.8) is 0 Å². The molecule has 0 unspecified atom stereocenters. The lowest BCUT2D eigenvalue weighted by molar-refractivity contribution is -0.319. The first-order chi connectivity index (χ1) is 11.6. The third-order valence-electron chi connectivity index (χ3n) is 4.00. The summed E-state index contributed by atoms with van der Waals surface area (Å²) in [7, 11) is 0. The third-order valence-corrected chi connectivity index (χ3v) is 4.00. The van der Waals surface area contributed by atoms with Gasteiger partial charge in [0.2, 0.25) is 5.91 Å². The Labute approximate surface area is 144 Å². The number of carbonyl (C=O) groups is 1. The highest BCUT2D eigenvalue weighted by molar-refractivity contribution is 5.73. The van der Waals surface area contributed by atoms with Gasteiger partial charge in [-0.15, -0.1) is 0 Å². The first-order valence-corrected chi connectivity index (χ1v) is 7.84. The minimum absolute atomic E-state index is 0.559. The lowest BCUT2D eigenvalue weighted by Gasteiger charge is -2.42. The van der Waals surface area contributed by atoms with Crippen LogP contribution in [0.15, 0.2) is 0 Å². The highest BCUT2D eigenvalue weighted by atomic mass is 16.7. The molecular formula is C14H27NO10. The molecule has 0 aromatic carbocycles. The van der Waals surface area contributed by atoms with Gasteiger partial charge in [-0.05, 0) is 6.92 Å². The number of ether oxygens (including phenoxy) is 2. The van der Waals surface area contributed by atoms with Gasteiger partial charge >= 0.3 is 0 Å². The molecule has 0 radical (unpaired) electrons. The summed E-state index contributed by atoms with van der Waals surface area (Å²) in [5, 5.41) is 70.3. The Morgan fingerprint density at radius 1 is 1.12 bits per heavy atom. The van der Waals surface area contributed by atoms with Crippen molar-refractivity contribution in [2.24, 2.45) is 0 Å². The molecule has 148 valence electrons. The Morgan fingerprint density at radius 3 is 2.20 bits per heavy atom. The van der Waals surface area contributed by atoms with Crippen molar-refractivity contribution in [1.82, 2.24) is 5.32 Å². The summed E-state index contributed by atoms with van der Waals surface area (Å²) in [6.07, 6.45) is -12.0. The molecule has 11 nitrogen and oxygen atoms in total. The van der Waals surface area contributed by atoms with Crippen LogP contribution in [0.2, 0.25) is 0 Å². The summed E-state index contributed by atoms with van der Waals surface area (Å²) in [5.41, 5.74) is 0. The standard InChI is InChI=1S/C14H27NO10/c1-5-9(20)11(22)12(23)14(24-5)25-13(8(19)4-17)10(21)7(3-16)15-6(2)18/h5,7-14,16-17,19-23H,3-4H2,1-2H3,(H,15,18)/t5-,7-,8+,9+,10+,11+,12-,13-,14+/m0/s1. The van der Waals surface area contributed by atoms with Crippen LogP contribution in [0.3, 0.4) is 0 Å². The van der Waals surface area contributed by atoms with Crippen LogP contribution in [0.4, 0.5) is 0 Å². The number of hydrogen-bond acceptors (Lipinski definition) is 10. The van der Waals surface area contributed by atoms with Crippen molar-refractivity contribution >= 4 is 5.91 Å². The molecule has 0 saturated carbocycles. The summed E-state index contributed by atoms with van der Waals surface area (Å²) in [6.45, 7) is 1.05. The summed E-state index contributed by atoms with van der Waals surface area (Å²) < 4.78 is 10.5. The maximum Gasteiger partial charge on any atom is 0.217 e. The van der Waals surface area contributed by atoms with E-state index in [0.717, 1.165) is 6.92 Å². The Hall–Kier alpha value is -0.890. The van der Waals surface area contributed by atoms with Gasteiger partial charge in [-0.3, -0.25) is 4.79 Å². The van der Waals surface area contributed by atoms with E-state index >= 15 is 0 Å². The van der Waals surface area contributed by atoms with Crippen molar-refractivity contribution in [3.05, 3.63) is 0 Å². The van der Waals surface area contributed by atoms with Crippen LogP contribution in [-0.4, -0.2) is 110 Å². The number of carbonyl (C=O) groups excluding carboxylic acids is 1. The van der Waals surface area contributed by atoms with Gasteiger partial charge in [-0.1, -0.05) is 0 Å². The van der Waals surface area contributed by atoms with Gasteiger partial charge in [0.05, 0.1) is 25.4 Å². The molecule has 1 heterocycles. The van der Waals surface area contributed by atoms with Gasteiger partial charge in [0, 0.05) is 6.92 Å². The zero-order chi connectivity index (χ0) is 19.3. The van der Waals surface area contributed by atoms with Crippen LogP contribution in [0.5, 0.6) is 0 Å². The van der Waals surface area contributed by atoms with Gasteiger partial charge in [-0.25, -0.2) is 0 Å². The molecule has 1 rings (SSSR count). The molecule has 8 N–H and O–H groups in total. The molecule has 0 aromatic rings. The van der Waals surface area contributed by atoms with E-state index in [9.17, 15) is 35.4 Å².